The molecule has 0 amide bonds. The summed E-state index contributed by atoms with van der Waals surface area (Å²) >= 11 is 0. The zero-order chi connectivity index (χ0) is 15.3. The van der Waals surface area contributed by atoms with Gasteiger partial charge < -0.3 is 9.47 Å². The molecule has 0 aliphatic carbocycles. The summed E-state index contributed by atoms with van der Waals surface area (Å²) in [5, 5.41) is 0. The van der Waals surface area contributed by atoms with Crippen LogP contribution in [0.1, 0.15) is 52.5 Å². The summed E-state index contributed by atoms with van der Waals surface area (Å²) in [6, 6.07) is 8.35. The minimum atomic E-state index is 0.151. The highest BCUT2D eigenvalue weighted by Crippen LogP contribution is 2.42. The molecule has 0 bridgehead atoms. The van der Waals surface area contributed by atoms with Crippen LogP contribution in [0.5, 0.6) is 5.75 Å². The number of aryl methyl sites for hydroxylation is 1. The van der Waals surface area contributed by atoms with Crippen LogP contribution in [-0.2, 0) is 11.2 Å². The van der Waals surface area contributed by atoms with Gasteiger partial charge in [-0.15, -0.1) is 0 Å². The van der Waals surface area contributed by atoms with Gasteiger partial charge >= 0.3 is 0 Å². The third kappa shape index (κ3) is 4.60. The zero-order valence-electron chi connectivity index (χ0n) is 13.8. The van der Waals surface area contributed by atoms with Crippen molar-refractivity contribution in [3.8, 4) is 5.75 Å². The third-order valence-electron chi connectivity index (χ3n) is 4.55. The highest BCUT2D eigenvalue weighted by atomic mass is 16.6. The Bertz CT molecular complexity index is 475. The number of hydrogen-bond donors (Lipinski definition) is 0. The SMILES string of the molecule is CCc1ccc(OCC=C(C)CCC2OC2(C)CC)cc1. The fourth-order valence-corrected chi connectivity index (χ4v) is 2.53. The molecule has 21 heavy (non-hydrogen) atoms. The highest BCUT2D eigenvalue weighted by Gasteiger charge is 2.49. The smallest absolute Gasteiger partial charge is 0.119 e. The van der Waals surface area contributed by atoms with E-state index < -0.39 is 0 Å². The van der Waals surface area contributed by atoms with E-state index in [4.69, 9.17) is 9.47 Å². The first-order valence-corrected chi connectivity index (χ1v) is 8.12. The molecular formula is C19H28O2. The van der Waals surface area contributed by atoms with Crippen LogP contribution in [0.3, 0.4) is 0 Å². The number of rotatable bonds is 8. The molecule has 0 aromatic heterocycles. The molecule has 0 N–H and O–H groups in total. The summed E-state index contributed by atoms with van der Waals surface area (Å²) in [6.45, 7) is 9.39. The molecule has 1 aliphatic rings. The minimum Gasteiger partial charge on any atom is -0.490 e. The van der Waals surface area contributed by atoms with Crippen molar-refractivity contribution in [3.63, 3.8) is 0 Å². The van der Waals surface area contributed by atoms with Crippen molar-refractivity contribution in [2.24, 2.45) is 0 Å². The van der Waals surface area contributed by atoms with E-state index in [0.717, 1.165) is 31.4 Å². The van der Waals surface area contributed by atoms with Crippen molar-refractivity contribution in [1.29, 1.82) is 0 Å². The van der Waals surface area contributed by atoms with E-state index in [2.05, 4.69) is 45.9 Å². The second-order valence-electron chi connectivity index (χ2n) is 6.17. The topological polar surface area (TPSA) is 21.8 Å². The molecular weight excluding hydrogens is 260 g/mol. The van der Waals surface area contributed by atoms with Gasteiger partial charge in [-0.1, -0.05) is 31.6 Å². The van der Waals surface area contributed by atoms with E-state index in [1.54, 1.807) is 0 Å². The van der Waals surface area contributed by atoms with Crippen LogP contribution in [0.25, 0.3) is 0 Å². The molecule has 1 heterocycles. The number of allylic oxidation sites excluding steroid dienone is 1. The van der Waals surface area contributed by atoms with Crippen molar-refractivity contribution < 1.29 is 9.47 Å². The van der Waals surface area contributed by atoms with Gasteiger partial charge in [0.15, 0.2) is 0 Å². The molecule has 0 spiro atoms. The van der Waals surface area contributed by atoms with Crippen LogP contribution in [0.2, 0.25) is 0 Å². The van der Waals surface area contributed by atoms with Gasteiger partial charge in [0.05, 0.1) is 11.7 Å². The molecule has 0 saturated carbocycles. The normalized spacial score (nSPS) is 25.0. The lowest BCUT2D eigenvalue weighted by molar-refractivity contribution is 0.300. The Morgan fingerprint density at radius 3 is 2.57 bits per heavy atom. The number of epoxide rings is 1. The van der Waals surface area contributed by atoms with Crippen molar-refractivity contribution >= 4 is 0 Å². The number of ether oxygens (including phenoxy) is 2. The molecule has 2 heteroatoms. The fourth-order valence-electron chi connectivity index (χ4n) is 2.53. The van der Waals surface area contributed by atoms with Crippen LogP contribution < -0.4 is 4.74 Å². The first kappa shape index (κ1) is 16.1. The Kier molecular flexibility index (Phi) is 5.46. The average molecular weight is 288 g/mol. The Balaban J connectivity index is 1.68. The maximum atomic E-state index is 5.75. The Labute approximate surface area is 129 Å². The molecule has 1 saturated heterocycles. The van der Waals surface area contributed by atoms with Crippen molar-refractivity contribution in [2.75, 3.05) is 6.61 Å². The molecule has 2 unspecified atom stereocenters. The zero-order valence-corrected chi connectivity index (χ0v) is 13.8. The highest BCUT2D eigenvalue weighted by molar-refractivity contribution is 5.27. The van der Waals surface area contributed by atoms with Gasteiger partial charge in [0.25, 0.3) is 0 Å². The molecule has 1 fully saturated rings. The maximum absolute atomic E-state index is 5.75. The van der Waals surface area contributed by atoms with E-state index in [0.29, 0.717) is 12.7 Å². The van der Waals surface area contributed by atoms with Gasteiger partial charge in [-0.05, 0) is 63.3 Å². The Morgan fingerprint density at radius 2 is 2.00 bits per heavy atom. The first-order valence-electron chi connectivity index (χ1n) is 8.12. The molecule has 1 aromatic carbocycles. The van der Waals surface area contributed by atoms with Crippen LogP contribution in [-0.4, -0.2) is 18.3 Å². The predicted molar refractivity (Wildman–Crippen MR) is 87.9 cm³/mol. The first-order chi connectivity index (χ1) is 10.1. The molecule has 2 atom stereocenters. The van der Waals surface area contributed by atoms with Crippen LogP contribution in [0.15, 0.2) is 35.9 Å². The van der Waals surface area contributed by atoms with E-state index in [1.807, 2.05) is 12.1 Å². The summed E-state index contributed by atoms with van der Waals surface area (Å²) in [4.78, 5) is 0. The van der Waals surface area contributed by atoms with Gasteiger partial charge in [-0.25, -0.2) is 0 Å². The number of hydrogen-bond acceptors (Lipinski definition) is 2. The Morgan fingerprint density at radius 1 is 1.29 bits per heavy atom. The van der Waals surface area contributed by atoms with Gasteiger partial charge in [0, 0.05) is 0 Å². The monoisotopic (exact) mass is 288 g/mol. The second-order valence-corrected chi connectivity index (χ2v) is 6.17. The molecule has 1 aliphatic heterocycles. The standard InChI is InChI=1S/C19H28O2/c1-5-16-8-10-17(11-9-16)20-14-13-15(3)7-12-18-19(4,6-2)21-18/h8-11,13,18H,5-7,12,14H2,1-4H3. The lowest BCUT2D eigenvalue weighted by atomic mass is 9.99. The van der Waals surface area contributed by atoms with Crippen LogP contribution in [0, 0.1) is 0 Å². The molecule has 2 nitrogen and oxygen atoms in total. The summed E-state index contributed by atoms with van der Waals surface area (Å²) in [6.07, 6.45) is 7.03. The van der Waals surface area contributed by atoms with Crippen LogP contribution >= 0.6 is 0 Å². The summed E-state index contributed by atoms with van der Waals surface area (Å²) in [5.41, 5.74) is 2.88. The van der Waals surface area contributed by atoms with E-state index >= 15 is 0 Å². The van der Waals surface area contributed by atoms with Crippen molar-refractivity contribution in [3.05, 3.63) is 41.5 Å². The lowest BCUT2D eigenvalue weighted by Gasteiger charge is -2.06. The van der Waals surface area contributed by atoms with Gasteiger partial charge in [-0.3, -0.25) is 0 Å². The third-order valence-corrected chi connectivity index (χ3v) is 4.55. The lowest BCUT2D eigenvalue weighted by Crippen LogP contribution is -2.07. The Hall–Kier alpha value is -1.28. The fraction of sp³-hybridized carbons (Fsp3) is 0.579. The van der Waals surface area contributed by atoms with Gasteiger partial charge in [0.1, 0.15) is 12.4 Å². The largest absolute Gasteiger partial charge is 0.490 e. The minimum absolute atomic E-state index is 0.151. The quantitative estimate of drug-likeness (QED) is 0.500. The summed E-state index contributed by atoms with van der Waals surface area (Å²) < 4.78 is 11.5. The van der Waals surface area contributed by atoms with Crippen molar-refractivity contribution in [1.82, 2.24) is 0 Å². The molecule has 0 radical (unpaired) electrons. The van der Waals surface area contributed by atoms with Gasteiger partial charge in [0.2, 0.25) is 0 Å². The number of benzene rings is 1. The average Bonchev–Trinajstić information content (AvgIpc) is 3.17. The predicted octanol–water partition coefficient (Wildman–Crippen LogP) is 4.92. The van der Waals surface area contributed by atoms with E-state index in [1.165, 1.54) is 11.1 Å². The molecule has 116 valence electrons. The van der Waals surface area contributed by atoms with Gasteiger partial charge in [-0.2, -0.15) is 0 Å². The van der Waals surface area contributed by atoms with E-state index in [9.17, 15) is 0 Å². The van der Waals surface area contributed by atoms with Crippen molar-refractivity contribution in [2.45, 2.75) is 65.1 Å². The summed E-state index contributed by atoms with van der Waals surface area (Å²) in [7, 11) is 0. The summed E-state index contributed by atoms with van der Waals surface area (Å²) in [5.74, 6) is 0.945. The molecule has 2 rings (SSSR count). The van der Waals surface area contributed by atoms with E-state index in [-0.39, 0.29) is 5.60 Å². The molecule has 1 aromatic rings. The van der Waals surface area contributed by atoms with Crippen LogP contribution in [0.4, 0.5) is 0 Å². The second kappa shape index (κ2) is 7.13. The maximum Gasteiger partial charge on any atom is 0.119 e.